The molecule has 0 saturated carbocycles. The van der Waals surface area contributed by atoms with E-state index in [4.69, 9.17) is 16.1 Å². The van der Waals surface area contributed by atoms with Gasteiger partial charge in [0.1, 0.15) is 11.4 Å². The normalized spacial score (nSPS) is 15.5. The van der Waals surface area contributed by atoms with E-state index < -0.39 is 12.5 Å². The molecule has 0 unspecified atom stereocenters. The summed E-state index contributed by atoms with van der Waals surface area (Å²) in [5.41, 5.74) is 0.584. The quantitative estimate of drug-likeness (QED) is 0.491. The van der Waals surface area contributed by atoms with Gasteiger partial charge < -0.3 is 19.5 Å². The lowest BCUT2D eigenvalue weighted by Crippen LogP contribution is -2.46. The molecule has 33 heavy (non-hydrogen) atoms. The van der Waals surface area contributed by atoms with Crippen LogP contribution in [0.3, 0.4) is 0 Å². The molecule has 12 heteroatoms. The molecule has 0 radical (unpaired) electrons. The Balaban J connectivity index is 1.49. The fourth-order valence-corrected chi connectivity index (χ4v) is 4.76. The smallest absolute Gasteiger partial charge is 0.388 e. The van der Waals surface area contributed by atoms with Crippen molar-refractivity contribution in [3.63, 3.8) is 0 Å². The first-order chi connectivity index (χ1) is 15.8. The van der Waals surface area contributed by atoms with Gasteiger partial charge in [0, 0.05) is 37.3 Å². The van der Waals surface area contributed by atoms with Gasteiger partial charge in [-0.25, -0.2) is 0 Å². The summed E-state index contributed by atoms with van der Waals surface area (Å²) < 4.78 is 37.2. The zero-order valence-corrected chi connectivity index (χ0v) is 19.7. The van der Waals surface area contributed by atoms with Crippen LogP contribution in [0.4, 0.5) is 8.78 Å². The number of rotatable bonds is 8. The number of halogens is 3. The highest BCUT2D eigenvalue weighted by molar-refractivity contribution is 7.19. The van der Waals surface area contributed by atoms with Gasteiger partial charge in [0.15, 0.2) is 5.76 Å². The molecule has 0 aliphatic carbocycles. The Morgan fingerprint density at radius 1 is 1.33 bits per heavy atom. The van der Waals surface area contributed by atoms with Gasteiger partial charge in [-0.2, -0.15) is 8.78 Å². The molecule has 3 aromatic heterocycles. The van der Waals surface area contributed by atoms with Crippen molar-refractivity contribution < 1.29 is 22.8 Å². The van der Waals surface area contributed by atoms with E-state index in [1.165, 1.54) is 22.1 Å². The summed E-state index contributed by atoms with van der Waals surface area (Å²) in [5, 5.41) is 11.0. The second-order valence-electron chi connectivity index (χ2n) is 8.07. The molecule has 1 saturated heterocycles. The molecular formula is C21H24ClF2N5O3S. The van der Waals surface area contributed by atoms with Gasteiger partial charge in [-0.3, -0.25) is 9.48 Å². The van der Waals surface area contributed by atoms with E-state index in [1.54, 1.807) is 12.1 Å². The average Bonchev–Trinajstić information content (AvgIpc) is 3.48. The van der Waals surface area contributed by atoms with Crippen molar-refractivity contribution in [2.75, 3.05) is 13.1 Å². The molecule has 0 aromatic carbocycles. The van der Waals surface area contributed by atoms with Crippen LogP contribution in [-0.2, 0) is 6.54 Å². The van der Waals surface area contributed by atoms with Crippen LogP contribution < -0.4 is 10.1 Å². The zero-order chi connectivity index (χ0) is 23.5. The van der Waals surface area contributed by atoms with Crippen molar-refractivity contribution in [2.45, 2.75) is 51.9 Å². The molecule has 178 valence electrons. The predicted molar refractivity (Wildman–Crippen MR) is 120 cm³/mol. The molecule has 8 nitrogen and oxygen atoms in total. The highest BCUT2D eigenvalue weighted by atomic mass is 35.5. The van der Waals surface area contributed by atoms with Crippen molar-refractivity contribution in [1.29, 1.82) is 0 Å². The van der Waals surface area contributed by atoms with Crippen molar-refractivity contribution >= 4 is 28.8 Å². The lowest BCUT2D eigenvalue weighted by Gasteiger charge is -2.34. The number of likely N-dealkylation sites (tertiary alicyclic amines) is 1. The predicted octanol–water partition coefficient (Wildman–Crippen LogP) is 4.51. The number of ether oxygens (including phenoxy) is 1. The van der Waals surface area contributed by atoms with Crippen LogP contribution in [0.15, 0.2) is 28.8 Å². The molecule has 1 amide bonds. The average molecular weight is 500 g/mol. The fraction of sp³-hybridized carbons (Fsp3) is 0.476. The molecule has 1 aliphatic rings. The van der Waals surface area contributed by atoms with Crippen LogP contribution in [0.2, 0.25) is 4.34 Å². The maximum absolute atomic E-state index is 13.0. The molecule has 4 heterocycles. The van der Waals surface area contributed by atoms with Crippen LogP contribution >= 0.6 is 22.9 Å². The third-order valence-corrected chi connectivity index (χ3v) is 6.73. The minimum absolute atomic E-state index is 0.00227. The molecule has 4 rings (SSSR count). The van der Waals surface area contributed by atoms with Gasteiger partial charge in [0.25, 0.3) is 5.91 Å². The summed E-state index contributed by atoms with van der Waals surface area (Å²) in [6.45, 7) is 3.05. The fourth-order valence-electron chi connectivity index (χ4n) is 3.77. The first-order valence-electron chi connectivity index (χ1n) is 10.6. The topological polar surface area (TPSA) is 85.4 Å². The maximum Gasteiger partial charge on any atom is 0.388 e. The van der Waals surface area contributed by atoms with Crippen molar-refractivity contribution in [1.82, 2.24) is 25.2 Å². The standard InChI is InChI=1S/C21H24ClF2N5O3S/c1-12(2)28-7-5-13(6-8-28)25-20(30)15-10-19(31-21(23)24)26-29(15)11-14-9-16(32-27-14)17-3-4-18(22)33-17/h3-4,9-10,12-13,21H,5-8,11H2,1-2H3,(H,25,30). The van der Waals surface area contributed by atoms with E-state index in [0.29, 0.717) is 21.8 Å². The van der Waals surface area contributed by atoms with E-state index in [1.807, 2.05) is 6.07 Å². The minimum Gasteiger partial charge on any atom is -0.415 e. The summed E-state index contributed by atoms with van der Waals surface area (Å²) >= 11 is 7.31. The summed E-state index contributed by atoms with van der Waals surface area (Å²) in [6, 6.07) is 6.92. The number of hydrogen-bond acceptors (Lipinski definition) is 7. The Bertz CT molecular complexity index is 1090. The molecule has 0 atom stereocenters. The number of carbonyl (C=O) groups excluding carboxylic acids is 1. The van der Waals surface area contributed by atoms with E-state index in [2.05, 4.69) is 39.1 Å². The SMILES string of the molecule is CC(C)N1CCC(NC(=O)c2cc(OC(F)F)nn2Cc2cc(-c3ccc(Cl)s3)on2)CC1. The van der Waals surface area contributed by atoms with Gasteiger partial charge >= 0.3 is 6.61 Å². The Morgan fingerprint density at radius 2 is 2.09 bits per heavy atom. The Morgan fingerprint density at radius 3 is 2.73 bits per heavy atom. The highest BCUT2D eigenvalue weighted by Crippen LogP contribution is 2.31. The van der Waals surface area contributed by atoms with Crippen LogP contribution in [0.5, 0.6) is 5.88 Å². The molecule has 0 spiro atoms. The van der Waals surface area contributed by atoms with Crippen LogP contribution in [0, 0.1) is 0 Å². The first-order valence-corrected chi connectivity index (χ1v) is 11.8. The third-order valence-electron chi connectivity index (χ3n) is 5.48. The largest absolute Gasteiger partial charge is 0.415 e. The van der Waals surface area contributed by atoms with E-state index in [9.17, 15) is 13.6 Å². The molecule has 3 aromatic rings. The minimum atomic E-state index is -3.05. The summed E-state index contributed by atoms with van der Waals surface area (Å²) in [5.74, 6) is -0.220. The third kappa shape index (κ3) is 5.90. The van der Waals surface area contributed by atoms with Crippen LogP contribution in [-0.4, -0.2) is 57.5 Å². The summed E-state index contributed by atoms with van der Waals surface area (Å²) in [6.07, 6.45) is 1.63. The van der Waals surface area contributed by atoms with Crippen LogP contribution in [0.25, 0.3) is 10.6 Å². The number of aromatic nitrogens is 3. The number of nitrogens with one attached hydrogen (secondary N) is 1. The van der Waals surface area contributed by atoms with E-state index in [-0.39, 0.29) is 24.2 Å². The Kier molecular flexibility index (Phi) is 7.30. The number of carbonyl (C=O) groups is 1. The monoisotopic (exact) mass is 499 g/mol. The Hall–Kier alpha value is -2.50. The number of piperidine rings is 1. The maximum atomic E-state index is 13.0. The number of hydrogen-bond donors (Lipinski definition) is 1. The summed E-state index contributed by atoms with van der Waals surface area (Å²) in [4.78, 5) is 16.1. The first kappa shape index (κ1) is 23.7. The number of alkyl halides is 2. The highest BCUT2D eigenvalue weighted by Gasteiger charge is 2.25. The van der Waals surface area contributed by atoms with E-state index in [0.717, 1.165) is 30.8 Å². The van der Waals surface area contributed by atoms with Crippen molar-refractivity contribution in [3.8, 4) is 16.5 Å². The summed E-state index contributed by atoms with van der Waals surface area (Å²) in [7, 11) is 0. The second kappa shape index (κ2) is 10.2. The lowest BCUT2D eigenvalue weighted by atomic mass is 10.0. The van der Waals surface area contributed by atoms with Gasteiger partial charge in [-0.1, -0.05) is 16.8 Å². The second-order valence-corrected chi connectivity index (χ2v) is 9.78. The lowest BCUT2D eigenvalue weighted by molar-refractivity contribution is -0.0531. The van der Waals surface area contributed by atoms with Gasteiger partial charge in [0.05, 0.1) is 15.8 Å². The molecule has 1 aliphatic heterocycles. The number of thiophene rings is 1. The van der Waals surface area contributed by atoms with Crippen molar-refractivity contribution in [2.24, 2.45) is 0 Å². The molecule has 1 fully saturated rings. The number of amides is 1. The molecule has 0 bridgehead atoms. The zero-order valence-electron chi connectivity index (χ0n) is 18.1. The number of nitrogens with zero attached hydrogens (tertiary/aromatic N) is 4. The molecular weight excluding hydrogens is 476 g/mol. The van der Waals surface area contributed by atoms with Gasteiger partial charge in [-0.15, -0.1) is 16.4 Å². The molecule has 1 N–H and O–H groups in total. The van der Waals surface area contributed by atoms with Gasteiger partial charge in [0.2, 0.25) is 5.88 Å². The van der Waals surface area contributed by atoms with Crippen molar-refractivity contribution in [3.05, 3.63) is 40.0 Å². The van der Waals surface area contributed by atoms with Crippen LogP contribution in [0.1, 0.15) is 42.9 Å². The van der Waals surface area contributed by atoms with E-state index >= 15 is 0 Å². The van der Waals surface area contributed by atoms with Gasteiger partial charge in [-0.05, 0) is 38.8 Å². The Labute approximate surface area is 198 Å².